The Bertz CT molecular complexity index is 360. The maximum Gasteiger partial charge on any atom is 0.0818 e. The molecule has 1 aliphatic carbocycles. The summed E-state index contributed by atoms with van der Waals surface area (Å²) < 4.78 is 1.07. The standard InChI is InChI=1S/C15H21BrO/c1-10-3-5-12(6-4-10)15(17)13-7-11(2)8-14(16)9-13/h7-10,12,15,17H,3-6H2,1-2H3. The van der Waals surface area contributed by atoms with Crippen LogP contribution in [0.15, 0.2) is 22.7 Å². The van der Waals surface area contributed by atoms with E-state index in [-0.39, 0.29) is 6.10 Å². The first-order chi connectivity index (χ1) is 8.06. The van der Waals surface area contributed by atoms with Gasteiger partial charge in [-0.25, -0.2) is 0 Å². The molecule has 1 atom stereocenters. The maximum absolute atomic E-state index is 10.5. The second kappa shape index (κ2) is 5.53. The molecule has 0 aliphatic heterocycles. The third-order valence-corrected chi connectivity index (χ3v) is 4.37. The molecule has 1 aliphatic rings. The van der Waals surface area contributed by atoms with Crippen molar-refractivity contribution >= 4 is 15.9 Å². The monoisotopic (exact) mass is 296 g/mol. The van der Waals surface area contributed by atoms with E-state index in [9.17, 15) is 5.11 Å². The van der Waals surface area contributed by atoms with Crippen molar-refractivity contribution in [2.24, 2.45) is 11.8 Å². The van der Waals surface area contributed by atoms with Gasteiger partial charge in [-0.3, -0.25) is 0 Å². The molecule has 1 unspecified atom stereocenters. The molecule has 0 aromatic heterocycles. The van der Waals surface area contributed by atoms with E-state index in [1.54, 1.807) is 0 Å². The minimum Gasteiger partial charge on any atom is -0.388 e. The third-order valence-electron chi connectivity index (χ3n) is 3.91. The number of aliphatic hydroxyl groups is 1. The van der Waals surface area contributed by atoms with E-state index in [4.69, 9.17) is 0 Å². The van der Waals surface area contributed by atoms with Crippen LogP contribution in [0.3, 0.4) is 0 Å². The molecular formula is C15H21BrO. The largest absolute Gasteiger partial charge is 0.388 e. The van der Waals surface area contributed by atoms with Crippen LogP contribution in [-0.4, -0.2) is 5.11 Å². The molecule has 2 heteroatoms. The summed E-state index contributed by atoms with van der Waals surface area (Å²) >= 11 is 3.50. The van der Waals surface area contributed by atoms with Gasteiger partial charge in [0.15, 0.2) is 0 Å². The molecule has 0 amide bonds. The number of halogens is 1. The van der Waals surface area contributed by atoms with E-state index < -0.39 is 0 Å². The zero-order chi connectivity index (χ0) is 12.4. The first-order valence-corrected chi connectivity index (χ1v) is 7.30. The molecule has 0 saturated heterocycles. The van der Waals surface area contributed by atoms with Gasteiger partial charge in [-0.2, -0.15) is 0 Å². The minimum absolute atomic E-state index is 0.293. The molecule has 0 spiro atoms. The molecule has 0 radical (unpaired) electrons. The van der Waals surface area contributed by atoms with E-state index in [0.29, 0.717) is 5.92 Å². The van der Waals surface area contributed by atoms with Crippen LogP contribution < -0.4 is 0 Å². The Morgan fingerprint density at radius 2 is 1.82 bits per heavy atom. The minimum atomic E-state index is -0.293. The summed E-state index contributed by atoms with van der Waals surface area (Å²) in [5.74, 6) is 1.28. The van der Waals surface area contributed by atoms with Crippen LogP contribution in [0.4, 0.5) is 0 Å². The van der Waals surface area contributed by atoms with Gasteiger partial charge in [-0.15, -0.1) is 0 Å². The molecule has 0 bridgehead atoms. The Kier molecular flexibility index (Phi) is 4.26. The quantitative estimate of drug-likeness (QED) is 0.844. The van der Waals surface area contributed by atoms with Gasteiger partial charge in [0.25, 0.3) is 0 Å². The van der Waals surface area contributed by atoms with Crippen LogP contribution in [0.2, 0.25) is 0 Å². The van der Waals surface area contributed by atoms with Crippen LogP contribution in [0.25, 0.3) is 0 Å². The Labute approximate surface area is 112 Å². The predicted octanol–water partition coefficient (Wildman–Crippen LogP) is 4.62. The summed E-state index contributed by atoms with van der Waals surface area (Å²) in [4.78, 5) is 0. The number of hydrogen-bond donors (Lipinski definition) is 1. The molecule has 0 heterocycles. The topological polar surface area (TPSA) is 20.2 Å². The van der Waals surface area contributed by atoms with E-state index in [0.717, 1.165) is 28.8 Å². The average molecular weight is 297 g/mol. The highest BCUT2D eigenvalue weighted by molar-refractivity contribution is 9.10. The lowest BCUT2D eigenvalue weighted by atomic mass is 9.78. The van der Waals surface area contributed by atoms with Crippen molar-refractivity contribution in [1.29, 1.82) is 0 Å². The smallest absolute Gasteiger partial charge is 0.0818 e. The Morgan fingerprint density at radius 1 is 1.18 bits per heavy atom. The van der Waals surface area contributed by atoms with Crippen LogP contribution >= 0.6 is 15.9 Å². The first kappa shape index (κ1) is 13.1. The average Bonchev–Trinajstić information content (AvgIpc) is 2.28. The summed E-state index contributed by atoms with van der Waals surface area (Å²) in [5.41, 5.74) is 2.27. The summed E-state index contributed by atoms with van der Waals surface area (Å²) in [5, 5.41) is 10.5. The van der Waals surface area contributed by atoms with E-state index in [2.05, 4.69) is 48.0 Å². The number of rotatable bonds is 2. The van der Waals surface area contributed by atoms with Gasteiger partial charge in [-0.05, 0) is 54.9 Å². The lowest BCUT2D eigenvalue weighted by molar-refractivity contribution is 0.0755. The van der Waals surface area contributed by atoms with Crippen molar-refractivity contribution in [3.8, 4) is 0 Å². The van der Waals surface area contributed by atoms with Gasteiger partial charge in [-0.1, -0.05) is 41.8 Å². The second-order valence-electron chi connectivity index (χ2n) is 5.53. The molecule has 1 saturated carbocycles. The highest BCUT2D eigenvalue weighted by atomic mass is 79.9. The zero-order valence-corrected chi connectivity index (χ0v) is 12.2. The van der Waals surface area contributed by atoms with Crippen molar-refractivity contribution < 1.29 is 5.11 Å². The van der Waals surface area contributed by atoms with Gasteiger partial charge in [0.05, 0.1) is 6.10 Å². The van der Waals surface area contributed by atoms with Crippen molar-refractivity contribution in [3.05, 3.63) is 33.8 Å². The lowest BCUT2D eigenvalue weighted by Crippen LogP contribution is -2.19. The first-order valence-electron chi connectivity index (χ1n) is 6.51. The summed E-state index contributed by atoms with van der Waals surface area (Å²) in [7, 11) is 0. The molecule has 1 aromatic carbocycles. The molecule has 94 valence electrons. The molecule has 1 N–H and O–H groups in total. The fraction of sp³-hybridized carbons (Fsp3) is 0.600. The SMILES string of the molecule is Cc1cc(Br)cc(C(O)C2CCC(C)CC2)c1. The van der Waals surface area contributed by atoms with E-state index in [1.807, 2.05) is 0 Å². The zero-order valence-electron chi connectivity index (χ0n) is 10.6. The Morgan fingerprint density at radius 3 is 2.41 bits per heavy atom. The normalized spacial score (nSPS) is 26.8. The number of aliphatic hydroxyl groups excluding tert-OH is 1. The lowest BCUT2D eigenvalue weighted by Gasteiger charge is -2.30. The summed E-state index contributed by atoms with van der Waals surface area (Å²) in [6.45, 7) is 4.38. The van der Waals surface area contributed by atoms with E-state index in [1.165, 1.54) is 18.4 Å². The van der Waals surface area contributed by atoms with Crippen molar-refractivity contribution in [1.82, 2.24) is 0 Å². The Hall–Kier alpha value is -0.340. The van der Waals surface area contributed by atoms with Gasteiger partial charge in [0, 0.05) is 4.47 Å². The van der Waals surface area contributed by atoms with Gasteiger partial charge in [0.2, 0.25) is 0 Å². The second-order valence-corrected chi connectivity index (χ2v) is 6.44. The van der Waals surface area contributed by atoms with Crippen LogP contribution in [0.1, 0.15) is 49.8 Å². The molecule has 1 aromatic rings. The van der Waals surface area contributed by atoms with Crippen LogP contribution in [-0.2, 0) is 0 Å². The van der Waals surface area contributed by atoms with Crippen LogP contribution in [0.5, 0.6) is 0 Å². The Balaban J connectivity index is 2.10. The molecule has 1 fully saturated rings. The summed E-state index contributed by atoms with van der Waals surface area (Å²) in [6.07, 6.45) is 4.55. The number of hydrogen-bond acceptors (Lipinski definition) is 1. The van der Waals surface area contributed by atoms with Crippen molar-refractivity contribution in [2.75, 3.05) is 0 Å². The highest BCUT2D eigenvalue weighted by Crippen LogP contribution is 2.37. The number of aryl methyl sites for hydroxylation is 1. The number of benzene rings is 1. The third kappa shape index (κ3) is 3.32. The molecule has 17 heavy (non-hydrogen) atoms. The molecular weight excluding hydrogens is 276 g/mol. The van der Waals surface area contributed by atoms with E-state index >= 15 is 0 Å². The van der Waals surface area contributed by atoms with Gasteiger partial charge in [0.1, 0.15) is 0 Å². The molecule has 2 rings (SSSR count). The highest BCUT2D eigenvalue weighted by Gasteiger charge is 2.25. The maximum atomic E-state index is 10.5. The predicted molar refractivity (Wildman–Crippen MR) is 75.0 cm³/mol. The van der Waals surface area contributed by atoms with Crippen molar-refractivity contribution in [3.63, 3.8) is 0 Å². The van der Waals surface area contributed by atoms with Gasteiger partial charge >= 0.3 is 0 Å². The van der Waals surface area contributed by atoms with Crippen molar-refractivity contribution in [2.45, 2.75) is 45.6 Å². The van der Waals surface area contributed by atoms with Crippen LogP contribution in [0, 0.1) is 18.8 Å². The summed E-state index contributed by atoms with van der Waals surface area (Å²) in [6, 6.07) is 6.24. The van der Waals surface area contributed by atoms with Gasteiger partial charge < -0.3 is 5.11 Å². The molecule has 1 nitrogen and oxygen atoms in total. The fourth-order valence-electron chi connectivity index (χ4n) is 2.81. The fourth-order valence-corrected chi connectivity index (χ4v) is 3.43.